The van der Waals surface area contributed by atoms with E-state index in [-0.39, 0.29) is 23.5 Å². The molecule has 47 heavy (non-hydrogen) atoms. The lowest BCUT2D eigenvalue weighted by molar-refractivity contribution is -0.143. The van der Waals surface area contributed by atoms with Gasteiger partial charge in [0.25, 0.3) is 12.5 Å². The van der Waals surface area contributed by atoms with Crippen molar-refractivity contribution in [2.75, 3.05) is 44.6 Å². The van der Waals surface area contributed by atoms with Crippen molar-refractivity contribution in [1.29, 1.82) is 0 Å². The second-order valence-electron chi connectivity index (χ2n) is 13.1. The first kappa shape index (κ1) is 32.8. The number of nitrogens with zero attached hydrogens (tertiary/aromatic N) is 5. The summed E-state index contributed by atoms with van der Waals surface area (Å²) in [6.45, 7) is 10.4. The van der Waals surface area contributed by atoms with Crippen LogP contribution in [0.15, 0.2) is 48.5 Å². The number of hydrogen-bond acceptors (Lipinski definition) is 5. The van der Waals surface area contributed by atoms with Crippen LogP contribution in [0.5, 0.6) is 0 Å². The van der Waals surface area contributed by atoms with Crippen molar-refractivity contribution in [3.8, 4) is 6.57 Å². The van der Waals surface area contributed by atoms with E-state index in [9.17, 15) is 19.2 Å². The van der Waals surface area contributed by atoms with Gasteiger partial charge in [0.05, 0.1) is 0 Å². The van der Waals surface area contributed by atoms with Crippen LogP contribution in [-0.4, -0.2) is 100 Å². The second kappa shape index (κ2) is 14.3. The third-order valence-corrected chi connectivity index (χ3v) is 10.4. The maximum absolute atomic E-state index is 14.3. The molecule has 0 radical (unpaired) electrons. The number of anilines is 1. The van der Waals surface area contributed by atoms with Crippen LogP contribution in [-0.2, 0) is 16.1 Å². The number of rotatable bonds is 7. The first-order valence-electron chi connectivity index (χ1n) is 16.7. The van der Waals surface area contributed by atoms with Crippen LogP contribution >= 0.6 is 11.6 Å². The van der Waals surface area contributed by atoms with Crippen LogP contribution in [0.3, 0.4) is 0 Å². The van der Waals surface area contributed by atoms with Crippen LogP contribution in [0, 0.1) is 6.57 Å². The van der Waals surface area contributed by atoms with Crippen LogP contribution in [0.1, 0.15) is 67.3 Å². The van der Waals surface area contributed by atoms with Gasteiger partial charge >= 0.3 is 17.6 Å². The third-order valence-electron chi connectivity index (χ3n) is 10.2. The molecule has 2 aromatic carbocycles. The highest BCUT2D eigenvalue weighted by Crippen LogP contribution is 2.30. The molecule has 248 valence electrons. The molecule has 0 aliphatic carbocycles. The minimum absolute atomic E-state index is 0.0401. The van der Waals surface area contributed by atoms with Gasteiger partial charge in [-0.25, -0.2) is 4.79 Å². The van der Waals surface area contributed by atoms with Gasteiger partial charge in [-0.05, 0) is 86.3 Å². The molecule has 4 aliphatic rings. The van der Waals surface area contributed by atoms with E-state index in [0.29, 0.717) is 56.6 Å². The molecule has 5 amide bonds. The summed E-state index contributed by atoms with van der Waals surface area (Å²) in [6.07, 6.45) is 6.03. The lowest BCUT2D eigenvalue weighted by Gasteiger charge is -2.41. The molecule has 12 heteroatoms. The average molecular weight is 661 g/mol. The van der Waals surface area contributed by atoms with Crippen molar-refractivity contribution in [2.24, 2.45) is 0 Å². The number of para-hydroxylation sites is 1. The van der Waals surface area contributed by atoms with Gasteiger partial charge in [-0.1, -0.05) is 42.3 Å². The number of carbonyl (C=O) groups excluding carboxylic acids is 4. The van der Waals surface area contributed by atoms with Gasteiger partial charge in [-0.3, -0.25) is 19.7 Å². The Morgan fingerprint density at radius 3 is 2.28 bits per heavy atom. The minimum atomic E-state index is -1.98. The Bertz CT molecular complexity index is 1540. The molecule has 0 unspecified atom stereocenters. The number of piperidine rings is 3. The lowest BCUT2D eigenvalue weighted by atomic mass is 9.96. The molecule has 0 spiro atoms. The van der Waals surface area contributed by atoms with E-state index in [1.54, 1.807) is 28.0 Å². The molecule has 6 rings (SSSR count). The van der Waals surface area contributed by atoms with Crippen LogP contribution < -0.4 is 10.6 Å². The van der Waals surface area contributed by atoms with Gasteiger partial charge in [0, 0.05) is 61.1 Å². The summed E-state index contributed by atoms with van der Waals surface area (Å²) < 4.78 is 0. The van der Waals surface area contributed by atoms with E-state index in [2.05, 4.69) is 20.4 Å². The monoisotopic (exact) mass is 660 g/mol. The Morgan fingerprint density at radius 1 is 0.894 bits per heavy atom. The Labute approximate surface area is 281 Å². The first-order chi connectivity index (χ1) is 22.8. The van der Waals surface area contributed by atoms with Crippen molar-refractivity contribution < 1.29 is 19.2 Å². The highest BCUT2D eigenvalue weighted by atomic mass is 35.5. The molecular formula is C35H43ClN7O4+. The van der Waals surface area contributed by atoms with Crippen molar-refractivity contribution in [1.82, 2.24) is 24.9 Å². The van der Waals surface area contributed by atoms with E-state index in [1.807, 2.05) is 29.2 Å². The molecule has 11 nitrogen and oxygen atoms in total. The van der Waals surface area contributed by atoms with E-state index >= 15 is 0 Å². The number of amides is 5. The molecule has 3 fully saturated rings. The maximum atomic E-state index is 14.3. The molecule has 0 saturated carbocycles. The summed E-state index contributed by atoms with van der Waals surface area (Å²) >= 11 is 6.15. The number of benzene rings is 2. The van der Waals surface area contributed by atoms with Crippen LogP contribution in [0.4, 0.5) is 10.5 Å². The van der Waals surface area contributed by atoms with Gasteiger partial charge in [-0.15, -0.1) is 0 Å². The largest absolute Gasteiger partial charge is 0.442 e. The van der Waals surface area contributed by atoms with Crippen molar-refractivity contribution in [2.45, 2.75) is 75.7 Å². The quantitative estimate of drug-likeness (QED) is 0.450. The van der Waals surface area contributed by atoms with Crippen molar-refractivity contribution >= 4 is 41.0 Å². The Morgan fingerprint density at radius 2 is 1.57 bits per heavy atom. The van der Waals surface area contributed by atoms with Crippen LogP contribution in [0.2, 0.25) is 5.02 Å². The number of likely N-dealkylation sites (tertiary alicyclic amines) is 3. The topological polar surface area (TPSA) is 110 Å². The molecule has 4 heterocycles. The number of urea groups is 1. The zero-order valence-corrected chi connectivity index (χ0v) is 27.5. The molecule has 3 saturated heterocycles. The molecular weight excluding hydrogens is 618 g/mol. The molecule has 0 bridgehead atoms. The second-order valence-corrected chi connectivity index (χ2v) is 13.5. The van der Waals surface area contributed by atoms with Crippen LogP contribution in [0.25, 0.3) is 4.85 Å². The predicted molar refractivity (Wildman–Crippen MR) is 180 cm³/mol. The van der Waals surface area contributed by atoms with Gasteiger partial charge in [0.15, 0.2) is 0 Å². The number of hydrogen-bond donors (Lipinski definition) is 2. The first-order valence-corrected chi connectivity index (χ1v) is 17.1. The van der Waals surface area contributed by atoms with E-state index in [4.69, 9.17) is 18.2 Å². The smallest absolute Gasteiger partial charge is 0.342 e. The molecule has 2 N–H and O–H groups in total. The number of fused-ring (bicyclic) bond motifs is 1. The summed E-state index contributed by atoms with van der Waals surface area (Å²) in [5.41, 5.74) is 0.121. The predicted octanol–water partition coefficient (Wildman–Crippen LogP) is 4.63. The maximum Gasteiger partial charge on any atom is 0.442 e. The SMILES string of the molecule is C#[N+][C@@](CC(=O)N1CCC(N2Cc3ccccc3NC2=O)CC1)(NC(=O)c1cccc(Cl)c1)C(=O)N1CCC(N2CCCCC2)CC1. The standard InChI is InChI=1S/C35H42ClN7O4/c1-37-35(39-32(45)25-9-7-10-27(36)22-25,33(46)42-20-12-28(13-21-42)40-16-5-2-6-17-40)23-31(44)41-18-14-29(15-19-41)43-24-26-8-3-4-11-30(26)38-34(43)47/h1,3-4,7-11,22,28-29H,2,5-6,12-21,23-24H2,(H-,38,39,45,47)/p+1/t35-/m0/s1. The summed E-state index contributed by atoms with van der Waals surface area (Å²) in [5, 5.41) is 6.07. The normalized spacial score (nSPS) is 20.9. The fourth-order valence-corrected chi connectivity index (χ4v) is 7.64. The number of carbonyl (C=O) groups is 4. The summed E-state index contributed by atoms with van der Waals surface area (Å²) in [6, 6.07) is 14.3. The fraction of sp³-hybridized carbons (Fsp3) is 0.514. The number of nitrogens with one attached hydrogen (secondary N) is 2. The number of halogens is 1. The van der Waals surface area contributed by atoms with E-state index < -0.39 is 23.9 Å². The summed E-state index contributed by atoms with van der Waals surface area (Å²) in [7, 11) is 0. The molecule has 0 aromatic heterocycles. The van der Waals surface area contributed by atoms with E-state index in [1.165, 1.54) is 25.3 Å². The van der Waals surface area contributed by atoms with Crippen molar-refractivity contribution in [3.63, 3.8) is 0 Å². The highest BCUT2D eigenvalue weighted by molar-refractivity contribution is 6.31. The lowest BCUT2D eigenvalue weighted by Crippen LogP contribution is -2.62. The molecule has 1 atom stereocenters. The summed E-state index contributed by atoms with van der Waals surface area (Å²) in [4.78, 5) is 66.2. The fourth-order valence-electron chi connectivity index (χ4n) is 7.45. The van der Waals surface area contributed by atoms with Gasteiger partial charge in [0.2, 0.25) is 5.91 Å². The van der Waals surface area contributed by atoms with Gasteiger partial charge < -0.3 is 24.9 Å². The average Bonchev–Trinajstić information content (AvgIpc) is 3.11. The Balaban J connectivity index is 1.14. The molecule has 2 aromatic rings. The van der Waals surface area contributed by atoms with Gasteiger partial charge in [0.1, 0.15) is 6.42 Å². The zero-order chi connectivity index (χ0) is 33.0. The molecule has 4 aliphatic heterocycles. The summed E-state index contributed by atoms with van der Waals surface area (Å²) in [5.74, 6) is -1.42. The van der Waals surface area contributed by atoms with Gasteiger partial charge in [-0.2, -0.15) is 0 Å². The zero-order valence-electron chi connectivity index (χ0n) is 26.7. The van der Waals surface area contributed by atoms with Crippen molar-refractivity contribution in [3.05, 3.63) is 69.5 Å². The Kier molecular flexibility index (Phi) is 9.99. The third kappa shape index (κ3) is 7.24. The Hall–Kier alpha value is -4.14. The van der Waals surface area contributed by atoms with E-state index in [0.717, 1.165) is 37.2 Å². The minimum Gasteiger partial charge on any atom is -0.342 e. The highest BCUT2D eigenvalue weighted by Gasteiger charge is 2.56.